The number of tetrazole rings is 1. The number of benzene rings is 7. The first kappa shape index (κ1) is 42.8. The van der Waals surface area contributed by atoms with Gasteiger partial charge in [0.15, 0.2) is 5.82 Å². The molecule has 2 fully saturated rings. The molecular formula is C57H49N7O4. The monoisotopic (exact) mass is 895 g/mol. The molecule has 2 aromatic heterocycles. The van der Waals surface area contributed by atoms with E-state index >= 15 is 0 Å². The van der Waals surface area contributed by atoms with Gasteiger partial charge >= 0.3 is 5.97 Å². The van der Waals surface area contributed by atoms with Crippen LogP contribution in [0.4, 0.5) is 0 Å². The van der Waals surface area contributed by atoms with Crippen molar-refractivity contribution in [1.82, 2.24) is 34.8 Å². The van der Waals surface area contributed by atoms with Crippen molar-refractivity contribution >= 4 is 16.9 Å². The number of rotatable bonds is 14. The highest BCUT2D eigenvalue weighted by atomic mass is 16.7. The second kappa shape index (κ2) is 18.4. The second-order valence-electron chi connectivity index (χ2n) is 17.6. The van der Waals surface area contributed by atoms with Gasteiger partial charge in [-0.05, 0) is 73.5 Å². The van der Waals surface area contributed by atoms with Gasteiger partial charge in [-0.2, -0.15) is 5.06 Å². The number of aromatic nitrogens is 6. The molecule has 11 nitrogen and oxygen atoms in total. The quantitative estimate of drug-likeness (QED) is 0.0777. The van der Waals surface area contributed by atoms with Crippen molar-refractivity contribution in [3.63, 3.8) is 0 Å². The lowest BCUT2D eigenvalue weighted by Crippen LogP contribution is -2.39. The van der Waals surface area contributed by atoms with Gasteiger partial charge < -0.3 is 4.74 Å². The van der Waals surface area contributed by atoms with Crippen LogP contribution in [0.5, 0.6) is 0 Å². The summed E-state index contributed by atoms with van der Waals surface area (Å²) in [7, 11) is 0. The summed E-state index contributed by atoms with van der Waals surface area (Å²) < 4.78 is 9.25. The third kappa shape index (κ3) is 7.69. The van der Waals surface area contributed by atoms with E-state index in [1.54, 1.807) is 0 Å². The number of fused-ring (bicyclic) bond motifs is 2. The van der Waals surface area contributed by atoms with Crippen molar-refractivity contribution in [2.45, 2.75) is 57.0 Å². The molecule has 2 saturated heterocycles. The first-order valence-corrected chi connectivity index (χ1v) is 23.3. The van der Waals surface area contributed by atoms with E-state index in [-0.39, 0.29) is 18.1 Å². The molecule has 0 saturated carbocycles. The van der Waals surface area contributed by atoms with Crippen LogP contribution in [0, 0.1) is 5.92 Å². The molecule has 7 aromatic carbocycles. The molecule has 0 spiro atoms. The zero-order valence-corrected chi connectivity index (χ0v) is 37.6. The van der Waals surface area contributed by atoms with E-state index in [1.165, 1.54) is 0 Å². The Labute approximate surface area is 394 Å². The molecule has 2 aliphatic rings. The fourth-order valence-electron chi connectivity index (χ4n) is 10.2. The highest BCUT2D eigenvalue weighted by Gasteiger charge is 2.53. The number of ether oxygens (including phenoxy) is 1. The molecule has 11 heteroatoms. The summed E-state index contributed by atoms with van der Waals surface area (Å²) in [6.07, 6.45) is 2.13. The van der Waals surface area contributed by atoms with Crippen LogP contribution in [0.2, 0.25) is 0 Å². The average molecular weight is 896 g/mol. The summed E-state index contributed by atoms with van der Waals surface area (Å²) in [5.41, 5.74) is 8.30. The number of hydroxylamine groups is 2. The topological polar surface area (TPSA) is 117 Å². The average Bonchev–Trinajstić information content (AvgIpc) is 4.13. The minimum absolute atomic E-state index is 0.123. The summed E-state index contributed by atoms with van der Waals surface area (Å²) in [4.78, 5) is 39.4. The lowest BCUT2D eigenvalue weighted by molar-refractivity contribution is -0.181. The highest BCUT2D eigenvalue weighted by Crippen LogP contribution is 2.45. The highest BCUT2D eigenvalue weighted by molar-refractivity contribution is 5.82. The zero-order chi connectivity index (χ0) is 46.0. The molecule has 68 heavy (non-hydrogen) atoms. The van der Waals surface area contributed by atoms with E-state index in [1.807, 2.05) is 93.2 Å². The van der Waals surface area contributed by atoms with Crippen molar-refractivity contribution in [3.05, 3.63) is 238 Å². The summed E-state index contributed by atoms with van der Waals surface area (Å²) in [6, 6.07) is 63.1. The Bertz CT molecular complexity index is 3170. The lowest BCUT2D eigenvalue weighted by Gasteiger charge is -2.36. The Balaban J connectivity index is 0.956. The van der Waals surface area contributed by atoms with Gasteiger partial charge in [-0.25, -0.2) is 9.67 Å². The number of carbonyl (C=O) groups excluding carboxylic acids is 1. The number of hydrogen-bond donors (Lipinski definition) is 0. The molecule has 0 amide bonds. The summed E-state index contributed by atoms with van der Waals surface area (Å²) in [5.74, 6) is 0.560. The number of cyclic esters (lactones) is 1. The van der Waals surface area contributed by atoms with Gasteiger partial charge in [0, 0.05) is 18.5 Å². The van der Waals surface area contributed by atoms with E-state index in [0.29, 0.717) is 36.2 Å². The molecule has 336 valence electrons. The Morgan fingerprint density at radius 1 is 0.662 bits per heavy atom. The standard InChI is InChI=1S/C57H49N7O4/c1-2-3-28-51-58-49-34-33-42(53-52-50(38-67-56(52)66)68-63(53)37-39-18-8-4-9-19-39)35-48(49)55(65)62(51)36-40-29-31-41(32-30-40)46-26-16-17-27-47(46)54-59-60-61-64(54)57(43-20-10-5-11-21-43,44-22-12-6-13-23-44)45-24-14-7-15-25-45/h4-27,29-35,50,52-53H,2-3,28,36-38H2,1H3/t50-,52+,53-/m1/s1. The largest absolute Gasteiger partial charge is 0.462 e. The Morgan fingerprint density at radius 2 is 1.26 bits per heavy atom. The minimum atomic E-state index is -0.909. The van der Waals surface area contributed by atoms with E-state index < -0.39 is 23.6 Å². The molecular weight excluding hydrogens is 847 g/mol. The van der Waals surface area contributed by atoms with Crippen LogP contribution in [0.15, 0.2) is 193 Å². The van der Waals surface area contributed by atoms with Gasteiger partial charge in [0.1, 0.15) is 30.0 Å². The Morgan fingerprint density at radius 3 is 1.91 bits per heavy atom. The maximum atomic E-state index is 14.8. The molecule has 0 aliphatic carbocycles. The summed E-state index contributed by atoms with van der Waals surface area (Å²) in [6.45, 7) is 3.16. The smallest absolute Gasteiger partial charge is 0.313 e. The van der Waals surface area contributed by atoms with Crippen molar-refractivity contribution in [1.29, 1.82) is 0 Å². The maximum absolute atomic E-state index is 14.8. The van der Waals surface area contributed by atoms with Gasteiger partial charge in [-0.1, -0.05) is 189 Å². The molecule has 2 aliphatic heterocycles. The second-order valence-corrected chi connectivity index (χ2v) is 17.6. The molecule has 4 heterocycles. The first-order chi connectivity index (χ1) is 33.5. The van der Waals surface area contributed by atoms with Crippen LogP contribution >= 0.6 is 0 Å². The van der Waals surface area contributed by atoms with Crippen LogP contribution in [-0.4, -0.2) is 53.5 Å². The Hall–Kier alpha value is -7.86. The molecule has 0 N–H and O–H groups in total. The number of esters is 1. The van der Waals surface area contributed by atoms with Crippen molar-refractivity contribution < 1.29 is 14.4 Å². The fraction of sp³-hybridized carbons (Fsp3) is 0.193. The third-order valence-corrected chi connectivity index (χ3v) is 13.5. The number of carbonyl (C=O) groups is 1. The molecule has 0 unspecified atom stereocenters. The van der Waals surface area contributed by atoms with Crippen molar-refractivity contribution in [3.8, 4) is 22.5 Å². The van der Waals surface area contributed by atoms with Gasteiger partial charge in [0.2, 0.25) is 0 Å². The number of nitrogens with zero attached hydrogens (tertiary/aromatic N) is 7. The van der Waals surface area contributed by atoms with E-state index in [0.717, 1.165) is 68.7 Å². The fourth-order valence-corrected chi connectivity index (χ4v) is 10.2. The van der Waals surface area contributed by atoms with Gasteiger partial charge in [0.05, 0.1) is 23.5 Å². The predicted molar refractivity (Wildman–Crippen MR) is 261 cm³/mol. The molecule has 11 rings (SSSR count). The molecule has 0 bridgehead atoms. The van der Waals surface area contributed by atoms with Gasteiger partial charge in [-0.3, -0.25) is 19.0 Å². The van der Waals surface area contributed by atoms with Crippen LogP contribution < -0.4 is 5.56 Å². The van der Waals surface area contributed by atoms with Crippen molar-refractivity contribution in [2.75, 3.05) is 6.61 Å². The van der Waals surface area contributed by atoms with E-state index in [2.05, 4.69) is 121 Å². The lowest BCUT2D eigenvalue weighted by atomic mass is 9.77. The zero-order valence-electron chi connectivity index (χ0n) is 37.6. The maximum Gasteiger partial charge on any atom is 0.313 e. The van der Waals surface area contributed by atoms with Gasteiger partial charge in [0.25, 0.3) is 5.56 Å². The predicted octanol–water partition coefficient (Wildman–Crippen LogP) is 9.98. The number of aryl methyl sites for hydroxylation is 1. The van der Waals surface area contributed by atoms with Crippen LogP contribution in [-0.2, 0) is 39.4 Å². The van der Waals surface area contributed by atoms with Crippen molar-refractivity contribution in [2.24, 2.45) is 5.92 Å². The molecule has 0 radical (unpaired) electrons. The Kier molecular flexibility index (Phi) is 11.6. The van der Waals surface area contributed by atoms with E-state index in [9.17, 15) is 9.59 Å². The third-order valence-electron chi connectivity index (χ3n) is 13.5. The van der Waals surface area contributed by atoms with Crippen LogP contribution in [0.1, 0.15) is 65.0 Å². The van der Waals surface area contributed by atoms with Crippen LogP contribution in [0.3, 0.4) is 0 Å². The first-order valence-electron chi connectivity index (χ1n) is 23.3. The summed E-state index contributed by atoms with van der Waals surface area (Å²) >= 11 is 0. The summed E-state index contributed by atoms with van der Waals surface area (Å²) in [5, 5.41) is 16.3. The SMILES string of the molecule is CCCCc1nc2ccc([C@@H]3[C@H]4C(=O)OC[C@H]4ON3Cc3ccccc3)cc2c(=O)n1Cc1ccc(-c2ccccc2-c2nnnn2C(c2ccccc2)(c2ccccc2)c2ccccc2)cc1. The van der Waals surface area contributed by atoms with Crippen LogP contribution in [0.25, 0.3) is 33.4 Å². The van der Waals surface area contributed by atoms with Gasteiger partial charge in [-0.15, -0.1) is 5.10 Å². The molecule has 3 atom stereocenters. The minimum Gasteiger partial charge on any atom is -0.462 e. The van der Waals surface area contributed by atoms with E-state index in [4.69, 9.17) is 24.9 Å². The number of unbranched alkanes of at least 4 members (excludes halogenated alkanes) is 1. The number of hydrogen-bond acceptors (Lipinski definition) is 9. The normalized spacial score (nSPS) is 17.1. The molecule has 9 aromatic rings.